The number of nitrogens with two attached hydrogens (primary N) is 1. The van der Waals surface area contributed by atoms with E-state index in [4.69, 9.17) is 5.73 Å². The zero-order valence-electron chi connectivity index (χ0n) is 9.55. The van der Waals surface area contributed by atoms with Crippen LogP contribution < -0.4 is 5.73 Å². The molecule has 0 bridgehead atoms. The number of benzene rings is 1. The molecule has 0 radical (unpaired) electrons. The van der Waals surface area contributed by atoms with Gasteiger partial charge in [0, 0.05) is 11.5 Å². The van der Waals surface area contributed by atoms with E-state index < -0.39 is 0 Å². The van der Waals surface area contributed by atoms with Crippen LogP contribution in [0, 0.1) is 5.82 Å². The van der Waals surface area contributed by atoms with E-state index >= 15 is 0 Å². The zero-order chi connectivity index (χ0) is 11.6. The standard InChI is InChI=1S/C13H18FN/c1-9(2)12(15)13(3,4)10-5-7-11(14)8-6-10/h5-8,12H,1,15H2,2-4H3. The van der Waals surface area contributed by atoms with Gasteiger partial charge in [-0.3, -0.25) is 0 Å². The second kappa shape index (κ2) is 4.15. The minimum absolute atomic E-state index is 0.122. The molecule has 1 aromatic rings. The Morgan fingerprint density at radius 2 is 1.80 bits per heavy atom. The maximum absolute atomic E-state index is 12.8. The fourth-order valence-electron chi connectivity index (χ4n) is 1.68. The molecule has 82 valence electrons. The van der Waals surface area contributed by atoms with E-state index in [1.54, 1.807) is 12.1 Å². The number of hydrogen-bond donors (Lipinski definition) is 1. The minimum Gasteiger partial charge on any atom is -0.324 e. The summed E-state index contributed by atoms with van der Waals surface area (Å²) in [6.45, 7) is 9.86. The highest BCUT2D eigenvalue weighted by atomic mass is 19.1. The smallest absolute Gasteiger partial charge is 0.123 e. The largest absolute Gasteiger partial charge is 0.324 e. The van der Waals surface area contributed by atoms with Crippen molar-refractivity contribution in [3.63, 3.8) is 0 Å². The summed E-state index contributed by atoms with van der Waals surface area (Å²) in [7, 11) is 0. The number of hydrogen-bond acceptors (Lipinski definition) is 1. The van der Waals surface area contributed by atoms with Crippen molar-refractivity contribution in [3.8, 4) is 0 Å². The van der Waals surface area contributed by atoms with E-state index in [1.165, 1.54) is 12.1 Å². The molecule has 0 amide bonds. The lowest BCUT2D eigenvalue weighted by Crippen LogP contribution is -2.41. The van der Waals surface area contributed by atoms with Gasteiger partial charge in [-0.05, 0) is 24.6 Å². The molecule has 2 heteroatoms. The van der Waals surface area contributed by atoms with Gasteiger partial charge in [-0.25, -0.2) is 4.39 Å². The fourth-order valence-corrected chi connectivity index (χ4v) is 1.68. The second-order valence-corrected chi connectivity index (χ2v) is 4.55. The van der Waals surface area contributed by atoms with Crippen molar-refractivity contribution in [2.45, 2.75) is 32.2 Å². The summed E-state index contributed by atoms with van der Waals surface area (Å²) >= 11 is 0. The molecule has 1 rings (SSSR count). The molecule has 0 aromatic heterocycles. The Labute approximate surface area is 90.8 Å². The summed E-state index contributed by atoms with van der Waals surface area (Å²) in [4.78, 5) is 0. The normalized spacial score (nSPS) is 13.7. The lowest BCUT2D eigenvalue weighted by molar-refractivity contribution is 0.450. The van der Waals surface area contributed by atoms with Crippen molar-refractivity contribution >= 4 is 0 Å². The maximum atomic E-state index is 12.8. The average Bonchev–Trinajstić information content (AvgIpc) is 2.17. The van der Waals surface area contributed by atoms with E-state index in [1.807, 2.05) is 20.8 Å². The summed E-state index contributed by atoms with van der Waals surface area (Å²) in [6.07, 6.45) is 0. The first-order valence-corrected chi connectivity index (χ1v) is 5.02. The van der Waals surface area contributed by atoms with Gasteiger partial charge in [0.25, 0.3) is 0 Å². The van der Waals surface area contributed by atoms with Gasteiger partial charge < -0.3 is 5.73 Å². The first-order valence-electron chi connectivity index (χ1n) is 5.02. The van der Waals surface area contributed by atoms with E-state index in [0.717, 1.165) is 11.1 Å². The lowest BCUT2D eigenvalue weighted by atomic mass is 9.76. The van der Waals surface area contributed by atoms with Gasteiger partial charge in [-0.2, -0.15) is 0 Å². The molecule has 2 N–H and O–H groups in total. The molecular weight excluding hydrogens is 189 g/mol. The monoisotopic (exact) mass is 207 g/mol. The summed E-state index contributed by atoms with van der Waals surface area (Å²) in [5.74, 6) is -0.224. The SMILES string of the molecule is C=C(C)C(N)C(C)(C)c1ccc(F)cc1. The van der Waals surface area contributed by atoms with Gasteiger partial charge in [0.1, 0.15) is 5.82 Å². The van der Waals surface area contributed by atoms with Crippen LogP contribution in [0.25, 0.3) is 0 Å². The van der Waals surface area contributed by atoms with E-state index in [-0.39, 0.29) is 17.3 Å². The maximum Gasteiger partial charge on any atom is 0.123 e. The molecule has 1 atom stereocenters. The second-order valence-electron chi connectivity index (χ2n) is 4.55. The predicted octanol–water partition coefficient (Wildman–Crippen LogP) is 3.01. The quantitative estimate of drug-likeness (QED) is 0.757. The first-order chi connectivity index (χ1) is 6.85. The Bertz CT molecular complexity index is 351. The molecule has 1 aromatic carbocycles. The van der Waals surface area contributed by atoms with Gasteiger partial charge >= 0.3 is 0 Å². The van der Waals surface area contributed by atoms with Crippen molar-refractivity contribution < 1.29 is 4.39 Å². The number of halogens is 1. The molecule has 0 fully saturated rings. The summed E-state index contributed by atoms with van der Waals surface area (Å²) in [5.41, 5.74) is 7.81. The summed E-state index contributed by atoms with van der Waals surface area (Å²) in [5, 5.41) is 0. The zero-order valence-corrected chi connectivity index (χ0v) is 9.55. The molecule has 1 nitrogen and oxygen atoms in total. The third-order valence-corrected chi connectivity index (χ3v) is 2.90. The van der Waals surface area contributed by atoms with E-state index in [2.05, 4.69) is 6.58 Å². The van der Waals surface area contributed by atoms with Crippen molar-refractivity contribution in [1.82, 2.24) is 0 Å². The van der Waals surface area contributed by atoms with Crippen molar-refractivity contribution in [2.75, 3.05) is 0 Å². The molecule has 15 heavy (non-hydrogen) atoms. The predicted molar refractivity (Wildman–Crippen MR) is 62.2 cm³/mol. The molecule has 0 heterocycles. The van der Waals surface area contributed by atoms with Crippen molar-refractivity contribution in [3.05, 3.63) is 47.8 Å². The summed E-state index contributed by atoms with van der Waals surface area (Å²) in [6, 6.07) is 6.35. The van der Waals surface area contributed by atoms with Crippen molar-refractivity contribution in [2.24, 2.45) is 5.73 Å². The van der Waals surface area contributed by atoms with E-state index in [0.29, 0.717) is 0 Å². The first kappa shape index (κ1) is 11.9. The molecule has 0 aliphatic rings. The van der Waals surface area contributed by atoms with Crippen molar-refractivity contribution in [1.29, 1.82) is 0 Å². The molecule has 1 unspecified atom stereocenters. The van der Waals surface area contributed by atoms with Crippen LogP contribution in [0.15, 0.2) is 36.4 Å². The van der Waals surface area contributed by atoms with Gasteiger partial charge in [0.2, 0.25) is 0 Å². The third kappa shape index (κ3) is 2.45. The molecule has 0 saturated heterocycles. The molecule has 0 aliphatic heterocycles. The fraction of sp³-hybridized carbons (Fsp3) is 0.385. The summed E-state index contributed by atoms with van der Waals surface area (Å²) < 4.78 is 12.8. The number of rotatable bonds is 3. The lowest BCUT2D eigenvalue weighted by Gasteiger charge is -2.32. The average molecular weight is 207 g/mol. The molecular formula is C13H18FN. The Balaban J connectivity index is 3.05. The van der Waals surface area contributed by atoms with Gasteiger partial charge in [0.15, 0.2) is 0 Å². The van der Waals surface area contributed by atoms with Gasteiger partial charge in [-0.1, -0.05) is 38.1 Å². The van der Waals surface area contributed by atoms with Crippen LogP contribution in [0.1, 0.15) is 26.3 Å². The Morgan fingerprint density at radius 3 is 2.20 bits per heavy atom. The van der Waals surface area contributed by atoms with Crippen LogP contribution in [0.3, 0.4) is 0 Å². The van der Waals surface area contributed by atoms with Gasteiger partial charge in [-0.15, -0.1) is 0 Å². The highest BCUT2D eigenvalue weighted by Gasteiger charge is 2.28. The Hall–Kier alpha value is -1.15. The van der Waals surface area contributed by atoms with E-state index in [9.17, 15) is 4.39 Å². The van der Waals surface area contributed by atoms with Crippen LogP contribution in [-0.2, 0) is 5.41 Å². The van der Waals surface area contributed by atoms with Crippen LogP contribution in [0.5, 0.6) is 0 Å². The van der Waals surface area contributed by atoms with Crippen LogP contribution >= 0.6 is 0 Å². The highest BCUT2D eigenvalue weighted by Crippen LogP contribution is 2.28. The Kier molecular flexibility index (Phi) is 3.30. The molecule has 0 saturated carbocycles. The molecule has 0 spiro atoms. The Morgan fingerprint density at radius 1 is 1.33 bits per heavy atom. The minimum atomic E-state index is -0.224. The topological polar surface area (TPSA) is 26.0 Å². The third-order valence-electron chi connectivity index (χ3n) is 2.90. The molecule has 0 aliphatic carbocycles. The van der Waals surface area contributed by atoms with Crippen LogP contribution in [-0.4, -0.2) is 6.04 Å². The van der Waals surface area contributed by atoms with Crippen LogP contribution in [0.4, 0.5) is 4.39 Å². The van der Waals surface area contributed by atoms with Crippen LogP contribution in [0.2, 0.25) is 0 Å². The van der Waals surface area contributed by atoms with Gasteiger partial charge in [0.05, 0.1) is 0 Å². The highest BCUT2D eigenvalue weighted by molar-refractivity contribution is 5.29.